The minimum atomic E-state index is -5.01. The van der Waals surface area contributed by atoms with Gasteiger partial charge in [0.05, 0.1) is 29.4 Å². The van der Waals surface area contributed by atoms with Crippen molar-refractivity contribution in [1.82, 2.24) is 9.13 Å². The molecule has 0 unspecified atom stereocenters. The van der Waals surface area contributed by atoms with Gasteiger partial charge in [0.1, 0.15) is 5.69 Å². The number of nitrogens with zero attached hydrogens (tertiary/aromatic N) is 2. The highest BCUT2D eigenvalue weighted by Crippen LogP contribution is 2.28. The summed E-state index contributed by atoms with van der Waals surface area (Å²) in [6, 6.07) is 3.48. The zero-order chi connectivity index (χ0) is 25.1. The second-order valence-electron chi connectivity index (χ2n) is 7.06. The summed E-state index contributed by atoms with van der Waals surface area (Å²) in [4.78, 5) is 49.7. The maximum atomic E-state index is 13.3. The Morgan fingerprint density at radius 1 is 1.18 bits per heavy atom. The molecule has 0 aliphatic heterocycles. The van der Waals surface area contributed by atoms with E-state index in [0.717, 1.165) is 18.2 Å². The monoisotopic (exact) mass is 486 g/mol. The smallest absolute Gasteiger partial charge is 0.431 e. The number of benzene rings is 1. The second-order valence-corrected chi connectivity index (χ2v) is 7.47. The van der Waals surface area contributed by atoms with Crippen LogP contribution in [-0.2, 0) is 27.0 Å². The lowest BCUT2D eigenvalue weighted by Crippen LogP contribution is -2.42. The van der Waals surface area contributed by atoms with Crippen LogP contribution in [0.2, 0.25) is 5.02 Å². The maximum absolute atomic E-state index is 13.3. The molecule has 12 heteroatoms. The lowest BCUT2D eigenvalue weighted by molar-refractivity contribution is -0.162. The fourth-order valence-corrected chi connectivity index (χ4v) is 2.93. The van der Waals surface area contributed by atoms with Crippen LogP contribution in [0.3, 0.4) is 0 Å². The average Bonchev–Trinajstić information content (AvgIpc) is 2.70. The first-order chi connectivity index (χ1) is 15.2. The number of halogens is 4. The molecule has 1 aromatic carbocycles. The number of terminal acetylenes is 1. The lowest BCUT2D eigenvalue weighted by Gasteiger charge is -2.23. The summed E-state index contributed by atoms with van der Waals surface area (Å²) < 4.78 is 50.4. The van der Waals surface area contributed by atoms with Crippen molar-refractivity contribution in [2.75, 3.05) is 6.61 Å². The number of esters is 2. The Kier molecular flexibility index (Phi) is 7.44. The third-order valence-electron chi connectivity index (χ3n) is 4.28. The zero-order valence-electron chi connectivity index (χ0n) is 17.7. The number of rotatable bonds is 6. The van der Waals surface area contributed by atoms with Gasteiger partial charge < -0.3 is 9.47 Å². The molecule has 0 fully saturated rings. The molecule has 1 heterocycles. The molecule has 176 valence electrons. The predicted molar refractivity (Wildman–Crippen MR) is 111 cm³/mol. The highest BCUT2D eigenvalue weighted by atomic mass is 35.5. The molecule has 0 spiro atoms. The van der Waals surface area contributed by atoms with Gasteiger partial charge in [-0.1, -0.05) is 17.5 Å². The summed E-state index contributed by atoms with van der Waals surface area (Å²) in [5.74, 6) is 0.00400. The Labute approximate surface area is 190 Å². The van der Waals surface area contributed by atoms with Crippen LogP contribution in [0, 0.1) is 12.3 Å². The molecular formula is C21H18ClF3N2O6. The first-order valence-corrected chi connectivity index (χ1v) is 9.70. The molecule has 0 aliphatic rings. The molecule has 1 aromatic heterocycles. The standard InChI is InChI=1S/C21H18ClF3N2O6/c1-5-9-26-15(21(23,24)25)11-16(28)27(19(26)31)12-7-8-14(22)13(10-12)17(29)33-20(3,4)18(30)32-6-2/h1,7-8,10-11H,6,9H2,2-4H3. The van der Waals surface area contributed by atoms with Crippen LogP contribution in [0.4, 0.5) is 13.2 Å². The predicted octanol–water partition coefficient (Wildman–Crippen LogP) is 2.80. The molecule has 0 bridgehead atoms. The van der Waals surface area contributed by atoms with Gasteiger partial charge in [-0.25, -0.2) is 19.0 Å². The summed E-state index contributed by atoms with van der Waals surface area (Å²) >= 11 is 6.03. The van der Waals surface area contributed by atoms with Crippen LogP contribution in [0.1, 0.15) is 36.8 Å². The van der Waals surface area contributed by atoms with Crippen LogP contribution >= 0.6 is 11.6 Å². The first kappa shape index (κ1) is 25.7. The van der Waals surface area contributed by atoms with E-state index in [1.54, 1.807) is 6.92 Å². The Morgan fingerprint density at radius 3 is 2.36 bits per heavy atom. The van der Waals surface area contributed by atoms with Crippen molar-refractivity contribution in [2.45, 2.75) is 39.1 Å². The SMILES string of the molecule is C#CCn1c(C(F)(F)F)cc(=O)n(-c2ccc(Cl)c(C(=O)OC(C)(C)C(=O)OCC)c2)c1=O. The minimum Gasteiger partial charge on any atom is -0.463 e. The highest BCUT2D eigenvalue weighted by molar-refractivity contribution is 6.33. The summed E-state index contributed by atoms with van der Waals surface area (Å²) in [5.41, 5.74) is -6.51. The largest absolute Gasteiger partial charge is 0.463 e. The van der Waals surface area contributed by atoms with Crippen LogP contribution in [-0.4, -0.2) is 33.3 Å². The van der Waals surface area contributed by atoms with Crippen molar-refractivity contribution in [3.63, 3.8) is 0 Å². The van der Waals surface area contributed by atoms with Crippen LogP contribution in [0.25, 0.3) is 5.69 Å². The molecule has 2 aromatic rings. The average molecular weight is 487 g/mol. The van der Waals surface area contributed by atoms with Crippen LogP contribution < -0.4 is 11.2 Å². The molecule has 2 rings (SSSR count). The van der Waals surface area contributed by atoms with E-state index in [4.69, 9.17) is 27.5 Å². The molecule has 0 radical (unpaired) electrons. The van der Waals surface area contributed by atoms with Crippen molar-refractivity contribution < 1.29 is 32.2 Å². The Morgan fingerprint density at radius 2 is 1.82 bits per heavy atom. The minimum absolute atomic E-state index is 0.0385. The van der Waals surface area contributed by atoms with Gasteiger partial charge in [0, 0.05) is 6.07 Å². The molecule has 0 aliphatic carbocycles. The Balaban J connectivity index is 2.62. The molecule has 0 amide bonds. The van der Waals surface area contributed by atoms with Crippen molar-refractivity contribution >= 4 is 23.5 Å². The molecule has 0 saturated heterocycles. The third-order valence-corrected chi connectivity index (χ3v) is 4.61. The van der Waals surface area contributed by atoms with E-state index in [2.05, 4.69) is 0 Å². The molecule has 8 nitrogen and oxygen atoms in total. The fourth-order valence-electron chi connectivity index (χ4n) is 2.74. The molecule has 33 heavy (non-hydrogen) atoms. The van der Waals surface area contributed by atoms with E-state index < -0.39 is 47.2 Å². The van der Waals surface area contributed by atoms with Crippen LogP contribution in [0.5, 0.6) is 0 Å². The van der Waals surface area contributed by atoms with Crippen molar-refractivity contribution in [2.24, 2.45) is 0 Å². The van der Waals surface area contributed by atoms with Gasteiger partial charge in [-0.3, -0.25) is 9.36 Å². The van der Waals surface area contributed by atoms with Gasteiger partial charge >= 0.3 is 23.8 Å². The Hall–Kier alpha value is -3.52. The van der Waals surface area contributed by atoms with Gasteiger partial charge in [0.15, 0.2) is 0 Å². The Bertz CT molecular complexity index is 1250. The lowest BCUT2D eigenvalue weighted by atomic mass is 10.1. The normalized spacial score (nSPS) is 11.6. The molecule has 0 atom stereocenters. The van der Waals surface area contributed by atoms with Gasteiger partial charge in [0.2, 0.25) is 5.60 Å². The van der Waals surface area contributed by atoms with Crippen molar-refractivity contribution in [3.05, 3.63) is 61.4 Å². The summed E-state index contributed by atoms with van der Waals surface area (Å²) in [6.45, 7) is 3.39. The van der Waals surface area contributed by atoms with Crippen LogP contribution in [0.15, 0.2) is 33.9 Å². The van der Waals surface area contributed by atoms with Gasteiger partial charge in [-0.15, -0.1) is 6.42 Å². The van der Waals surface area contributed by atoms with Gasteiger partial charge in [0.25, 0.3) is 5.56 Å². The molecule has 0 saturated carbocycles. The first-order valence-electron chi connectivity index (χ1n) is 9.32. The highest BCUT2D eigenvalue weighted by Gasteiger charge is 2.36. The molecular weight excluding hydrogens is 469 g/mol. The number of ether oxygens (including phenoxy) is 2. The summed E-state index contributed by atoms with van der Waals surface area (Å²) in [7, 11) is 0. The zero-order valence-corrected chi connectivity index (χ0v) is 18.4. The van der Waals surface area contributed by atoms with Gasteiger partial charge in [-0.2, -0.15) is 13.2 Å². The number of aromatic nitrogens is 2. The number of alkyl halides is 3. The van der Waals surface area contributed by atoms with E-state index in [0.29, 0.717) is 4.57 Å². The van der Waals surface area contributed by atoms with E-state index in [-0.39, 0.29) is 33.5 Å². The van der Waals surface area contributed by atoms with Gasteiger partial charge in [-0.05, 0) is 39.0 Å². The van der Waals surface area contributed by atoms with E-state index >= 15 is 0 Å². The number of carbonyl (C=O) groups is 2. The van der Waals surface area contributed by atoms with E-state index in [1.165, 1.54) is 13.8 Å². The van der Waals surface area contributed by atoms with Crippen molar-refractivity contribution in [1.29, 1.82) is 0 Å². The topological polar surface area (TPSA) is 96.6 Å². The quantitative estimate of drug-likeness (QED) is 0.460. The summed E-state index contributed by atoms with van der Waals surface area (Å²) in [5, 5.41) is -0.160. The number of hydrogen-bond donors (Lipinski definition) is 0. The number of hydrogen-bond acceptors (Lipinski definition) is 6. The third kappa shape index (κ3) is 5.46. The second kappa shape index (κ2) is 9.54. The summed E-state index contributed by atoms with van der Waals surface area (Å²) in [6.07, 6.45) is 0.0639. The number of carbonyl (C=O) groups excluding carboxylic acids is 2. The fraction of sp³-hybridized carbons (Fsp3) is 0.333. The van der Waals surface area contributed by atoms with E-state index in [9.17, 15) is 32.3 Å². The van der Waals surface area contributed by atoms with Crippen molar-refractivity contribution in [3.8, 4) is 18.0 Å². The molecule has 0 N–H and O–H groups in total. The maximum Gasteiger partial charge on any atom is 0.431 e. The van der Waals surface area contributed by atoms with E-state index in [1.807, 2.05) is 5.92 Å².